The molecule has 1 fully saturated rings. The van der Waals surface area contributed by atoms with E-state index in [1.165, 1.54) is 0 Å². The Morgan fingerprint density at radius 2 is 1.67 bits per heavy atom. The van der Waals surface area contributed by atoms with Gasteiger partial charge in [0.1, 0.15) is 11.2 Å². The molecule has 132 valence electrons. The zero-order valence-electron chi connectivity index (χ0n) is 14.9. The van der Waals surface area contributed by atoms with Crippen molar-refractivity contribution in [3.63, 3.8) is 0 Å². The first-order valence-corrected chi connectivity index (χ1v) is 8.67. The van der Waals surface area contributed by atoms with Crippen LogP contribution in [-0.4, -0.2) is 32.0 Å². The molecule has 0 unspecified atom stereocenters. The van der Waals surface area contributed by atoms with Crippen molar-refractivity contribution in [1.82, 2.24) is 10.6 Å². The maximum absolute atomic E-state index is 12.4. The number of methoxy groups -OCH3 is 1. The van der Waals surface area contributed by atoms with Gasteiger partial charge < -0.3 is 15.4 Å². The maximum Gasteiger partial charge on any atom is 0.235 e. The largest absolute Gasteiger partial charge is 0.497 e. The summed E-state index contributed by atoms with van der Waals surface area (Å²) in [6.07, 6.45) is 2.96. The molecular weight excluding hydrogens is 304 g/mol. The first-order chi connectivity index (χ1) is 11.5. The predicted octanol–water partition coefficient (Wildman–Crippen LogP) is 2.30. The van der Waals surface area contributed by atoms with Gasteiger partial charge in [0.05, 0.1) is 7.11 Å². The van der Waals surface area contributed by atoms with E-state index in [0.29, 0.717) is 31.8 Å². The van der Waals surface area contributed by atoms with Crippen LogP contribution in [0.15, 0.2) is 24.3 Å². The number of nitrogens with one attached hydrogen (secondary N) is 2. The number of hydrogen-bond donors (Lipinski definition) is 2. The second kappa shape index (κ2) is 8.18. The highest BCUT2D eigenvalue weighted by atomic mass is 16.5. The van der Waals surface area contributed by atoms with Gasteiger partial charge in [-0.3, -0.25) is 9.59 Å². The average molecular weight is 332 g/mol. The topological polar surface area (TPSA) is 67.4 Å². The quantitative estimate of drug-likeness (QED) is 0.682. The minimum Gasteiger partial charge on any atom is -0.497 e. The molecular formula is C19H28N2O3. The van der Waals surface area contributed by atoms with Crippen molar-refractivity contribution in [3.05, 3.63) is 29.8 Å². The first kappa shape index (κ1) is 18.3. The van der Waals surface area contributed by atoms with E-state index in [1.54, 1.807) is 7.11 Å². The Balaban J connectivity index is 1.75. The lowest BCUT2D eigenvalue weighted by Crippen LogP contribution is -2.44. The van der Waals surface area contributed by atoms with Crippen molar-refractivity contribution in [2.45, 2.75) is 39.5 Å². The van der Waals surface area contributed by atoms with E-state index in [-0.39, 0.29) is 11.8 Å². The van der Waals surface area contributed by atoms with Crippen molar-refractivity contribution in [2.75, 3.05) is 20.2 Å². The minimum atomic E-state index is -0.823. The number of benzene rings is 1. The molecule has 2 N–H and O–H groups in total. The van der Waals surface area contributed by atoms with Crippen LogP contribution in [0.3, 0.4) is 0 Å². The number of amides is 2. The van der Waals surface area contributed by atoms with Crippen LogP contribution in [0.1, 0.15) is 38.7 Å². The van der Waals surface area contributed by atoms with Gasteiger partial charge in [0.25, 0.3) is 0 Å². The van der Waals surface area contributed by atoms with Crippen molar-refractivity contribution >= 4 is 11.8 Å². The summed E-state index contributed by atoms with van der Waals surface area (Å²) in [4.78, 5) is 24.6. The molecule has 0 saturated heterocycles. The van der Waals surface area contributed by atoms with Gasteiger partial charge >= 0.3 is 0 Å². The van der Waals surface area contributed by atoms with E-state index in [2.05, 4.69) is 24.5 Å². The van der Waals surface area contributed by atoms with Gasteiger partial charge in [-0.25, -0.2) is 0 Å². The standard InChI is InChI=1S/C19H28N2O3/c1-14(2)8-12-20-17(22)19(10-11-19)18(23)21-13-9-15-4-6-16(24-3)7-5-15/h4-7,14H,8-13H2,1-3H3,(H,20,22)(H,21,23). The Morgan fingerprint density at radius 3 is 2.17 bits per heavy atom. The van der Waals surface area contributed by atoms with E-state index < -0.39 is 5.41 Å². The Hall–Kier alpha value is -2.04. The third-order valence-electron chi connectivity index (χ3n) is 4.48. The summed E-state index contributed by atoms with van der Waals surface area (Å²) in [5.74, 6) is 1.10. The molecule has 1 aliphatic carbocycles. The fourth-order valence-electron chi connectivity index (χ4n) is 2.61. The molecule has 0 aliphatic heterocycles. The second-order valence-corrected chi connectivity index (χ2v) is 6.87. The van der Waals surface area contributed by atoms with Crippen molar-refractivity contribution in [2.24, 2.45) is 11.3 Å². The van der Waals surface area contributed by atoms with Crippen LogP contribution in [0.2, 0.25) is 0 Å². The van der Waals surface area contributed by atoms with Gasteiger partial charge in [0.2, 0.25) is 11.8 Å². The number of ether oxygens (including phenoxy) is 1. The molecule has 24 heavy (non-hydrogen) atoms. The van der Waals surface area contributed by atoms with Gasteiger partial charge in [-0.2, -0.15) is 0 Å². The second-order valence-electron chi connectivity index (χ2n) is 6.87. The van der Waals surface area contributed by atoms with Gasteiger partial charge in [0.15, 0.2) is 0 Å². The summed E-state index contributed by atoms with van der Waals surface area (Å²) < 4.78 is 5.12. The lowest BCUT2D eigenvalue weighted by atomic mass is 10.0. The molecule has 1 aromatic carbocycles. The molecule has 1 aliphatic rings. The highest BCUT2D eigenvalue weighted by Gasteiger charge is 2.56. The molecule has 2 amide bonds. The third kappa shape index (κ3) is 4.73. The monoisotopic (exact) mass is 332 g/mol. The third-order valence-corrected chi connectivity index (χ3v) is 4.48. The molecule has 1 saturated carbocycles. The molecule has 1 aromatic rings. The fraction of sp³-hybridized carbons (Fsp3) is 0.579. The van der Waals surface area contributed by atoms with E-state index in [0.717, 1.165) is 24.2 Å². The van der Waals surface area contributed by atoms with Crippen molar-refractivity contribution < 1.29 is 14.3 Å². The molecule has 5 heteroatoms. The molecule has 0 atom stereocenters. The molecule has 0 bridgehead atoms. The van der Waals surface area contributed by atoms with E-state index in [1.807, 2.05) is 24.3 Å². The summed E-state index contributed by atoms with van der Waals surface area (Å²) in [5, 5.41) is 5.82. The van der Waals surface area contributed by atoms with Crippen molar-refractivity contribution in [1.29, 1.82) is 0 Å². The van der Waals surface area contributed by atoms with E-state index in [4.69, 9.17) is 4.74 Å². The predicted molar refractivity (Wildman–Crippen MR) is 93.8 cm³/mol. The van der Waals surface area contributed by atoms with Crippen LogP contribution in [0.5, 0.6) is 5.75 Å². The lowest BCUT2D eigenvalue weighted by molar-refractivity contribution is -0.137. The summed E-state index contributed by atoms with van der Waals surface area (Å²) in [5.41, 5.74) is 0.305. The zero-order valence-corrected chi connectivity index (χ0v) is 14.9. The van der Waals surface area contributed by atoms with Crippen LogP contribution in [0.25, 0.3) is 0 Å². The highest BCUT2D eigenvalue weighted by molar-refractivity contribution is 6.07. The number of carbonyl (C=O) groups excluding carboxylic acids is 2. The van der Waals surface area contributed by atoms with Gasteiger partial charge in [-0.05, 0) is 49.3 Å². The Morgan fingerprint density at radius 1 is 1.08 bits per heavy atom. The molecule has 0 heterocycles. The first-order valence-electron chi connectivity index (χ1n) is 8.67. The smallest absolute Gasteiger partial charge is 0.235 e. The lowest BCUT2D eigenvalue weighted by Gasteiger charge is -2.16. The van der Waals surface area contributed by atoms with Crippen LogP contribution >= 0.6 is 0 Å². The van der Waals surface area contributed by atoms with Crippen LogP contribution in [0, 0.1) is 11.3 Å². The Bertz CT molecular complexity index is 562. The zero-order chi connectivity index (χ0) is 17.6. The summed E-state index contributed by atoms with van der Waals surface area (Å²) in [6.45, 7) is 5.40. The van der Waals surface area contributed by atoms with Crippen LogP contribution in [0.4, 0.5) is 0 Å². The Kier molecular flexibility index (Phi) is 6.23. The number of rotatable bonds is 9. The van der Waals surface area contributed by atoms with Crippen LogP contribution < -0.4 is 15.4 Å². The van der Waals surface area contributed by atoms with Gasteiger partial charge in [-0.1, -0.05) is 26.0 Å². The van der Waals surface area contributed by atoms with Gasteiger partial charge in [-0.15, -0.1) is 0 Å². The number of hydrogen-bond acceptors (Lipinski definition) is 3. The average Bonchev–Trinajstić information content (AvgIpc) is 3.37. The van der Waals surface area contributed by atoms with Gasteiger partial charge in [0, 0.05) is 13.1 Å². The van der Waals surface area contributed by atoms with E-state index in [9.17, 15) is 9.59 Å². The summed E-state index contributed by atoms with van der Waals surface area (Å²) in [7, 11) is 1.64. The Labute approximate surface area is 144 Å². The highest BCUT2D eigenvalue weighted by Crippen LogP contribution is 2.46. The van der Waals surface area contributed by atoms with Crippen molar-refractivity contribution in [3.8, 4) is 5.75 Å². The molecule has 5 nitrogen and oxygen atoms in total. The van der Waals surface area contributed by atoms with E-state index >= 15 is 0 Å². The SMILES string of the molecule is COc1ccc(CCNC(=O)C2(C(=O)NCCC(C)C)CC2)cc1. The minimum absolute atomic E-state index is 0.120. The number of carbonyl (C=O) groups is 2. The molecule has 0 spiro atoms. The maximum atomic E-state index is 12.4. The molecule has 0 aromatic heterocycles. The normalized spacial score (nSPS) is 15.0. The summed E-state index contributed by atoms with van der Waals surface area (Å²) >= 11 is 0. The molecule has 0 radical (unpaired) electrons. The summed E-state index contributed by atoms with van der Waals surface area (Å²) in [6, 6.07) is 7.77. The van der Waals surface area contributed by atoms with Crippen LogP contribution in [-0.2, 0) is 16.0 Å². The fourth-order valence-corrected chi connectivity index (χ4v) is 2.61. The molecule has 2 rings (SSSR count).